The normalized spacial score (nSPS) is 19.0. The van der Waals surface area contributed by atoms with E-state index in [-0.39, 0.29) is 29.3 Å². The number of carbonyl (C=O) groups is 1. The van der Waals surface area contributed by atoms with E-state index in [1.54, 1.807) is 10.6 Å². The van der Waals surface area contributed by atoms with Crippen LogP contribution in [0.1, 0.15) is 44.2 Å². The third-order valence-corrected chi connectivity index (χ3v) is 7.22. The second-order valence-electron chi connectivity index (χ2n) is 8.54. The van der Waals surface area contributed by atoms with Gasteiger partial charge in [0.05, 0.1) is 22.3 Å². The first kappa shape index (κ1) is 21.6. The molecule has 0 unspecified atom stereocenters. The van der Waals surface area contributed by atoms with E-state index >= 15 is 0 Å². The van der Waals surface area contributed by atoms with Crippen molar-refractivity contribution >= 4 is 28.6 Å². The van der Waals surface area contributed by atoms with Gasteiger partial charge in [0.15, 0.2) is 5.16 Å². The monoisotopic (exact) mass is 435 g/mol. The lowest BCUT2D eigenvalue weighted by molar-refractivity contribution is -0.134. The van der Waals surface area contributed by atoms with Gasteiger partial charge in [-0.1, -0.05) is 30.0 Å². The van der Waals surface area contributed by atoms with Crippen molar-refractivity contribution in [1.82, 2.24) is 14.5 Å². The summed E-state index contributed by atoms with van der Waals surface area (Å²) in [4.78, 5) is 33.3. The van der Waals surface area contributed by atoms with E-state index in [2.05, 4.69) is 20.8 Å². The number of fused-ring (bicyclic) bond motifs is 1. The molecule has 2 heterocycles. The number of thioether (sulfide) groups is 1. The first-order valence-corrected chi connectivity index (χ1v) is 11.9. The highest BCUT2D eigenvalue weighted by atomic mass is 32.2. The average molecular weight is 436 g/mol. The van der Waals surface area contributed by atoms with E-state index in [4.69, 9.17) is 4.98 Å². The molecule has 31 heavy (non-hydrogen) atoms. The zero-order chi connectivity index (χ0) is 22.1. The molecule has 0 spiro atoms. The van der Waals surface area contributed by atoms with Gasteiger partial charge in [-0.15, -0.1) is 0 Å². The second-order valence-corrected chi connectivity index (χ2v) is 9.48. The van der Waals surface area contributed by atoms with Gasteiger partial charge < -0.3 is 4.90 Å². The number of hydrogen-bond acceptors (Lipinski definition) is 4. The van der Waals surface area contributed by atoms with Gasteiger partial charge in [0.2, 0.25) is 5.91 Å². The van der Waals surface area contributed by atoms with Crippen LogP contribution in [0.2, 0.25) is 0 Å². The highest BCUT2D eigenvalue weighted by molar-refractivity contribution is 7.99. The minimum absolute atomic E-state index is 0.108. The largest absolute Gasteiger partial charge is 0.337 e. The van der Waals surface area contributed by atoms with Gasteiger partial charge in [-0.25, -0.2) is 4.98 Å². The van der Waals surface area contributed by atoms with Crippen LogP contribution in [-0.4, -0.2) is 38.2 Å². The lowest BCUT2D eigenvalue weighted by atomic mass is 9.98. The van der Waals surface area contributed by atoms with Gasteiger partial charge in [-0.3, -0.25) is 14.2 Å². The Morgan fingerprint density at radius 2 is 1.77 bits per heavy atom. The third kappa shape index (κ3) is 4.26. The molecule has 6 heteroatoms. The molecule has 0 radical (unpaired) electrons. The molecule has 3 aromatic rings. The predicted molar refractivity (Wildman–Crippen MR) is 127 cm³/mol. The summed E-state index contributed by atoms with van der Waals surface area (Å²) in [6.45, 7) is 8.33. The Kier molecular flexibility index (Phi) is 6.19. The fourth-order valence-electron chi connectivity index (χ4n) is 4.42. The molecule has 5 nitrogen and oxygen atoms in total. The molecule has 162 valence electrons. The van der Waals surface area contributed by atoms with E-state index in [9.17, 15) is 9.59 Å². The summed E-state index contributed by atoms with van der Waals surface area (Å²) in [5.74, 6) is 0.378. The summed E-state index contributed by atoms with van der Waals surface area (Å²) < 4.78 is 1.65. The minimum atomic E-state index is -0.108. The number of hydrogen-bond donors (Lipinski definition) is 0. The Bertz CT molecular complexity index is 1180. The first-order valence-electron chi connectivity index (χ1n) is 10.9. The zero-order valence-corrected chi connectivity index (χ0v) is 19.4. The average Bonchev–Trinajstić information content (AvgIpc) is 2.74. The fourth-order valence-corrected chi connectivity index (χ4v) is 5.30. The van der Waals surface area contributed by atoms with E-state index in [0.717, 1.165) is 30.5 Å². The number of carbonyl (C=O) groups excluding carboxylic acids is 1. The summed E-state index contributed by atoms with van der Waals surface area (Å²) in [5, 5.41) is 1.13. The molecule has 0 aliphatic carbocycles. The second kappa shape index (κ2) is 8.87. The Hall–Kier alpha value is -2.60. The molecule has 2 atom stereocenters. The molecule has 1 saturated heterocycles. The quantitative estimate of drug-likeness (QED) is 0.433. The van der Waals surface area contributed by atoms with Crippen LogP contribution in [-0.2, 0) is 4.79 Å². The maximum Gasteiger partial charge on any atom is 0.266 e. The maximum atomic E-state index is 13.4. The van der Waals surface area contributed by atoms with Crippen LogP contribution in [0.4, 0.5) is 0 Å². The first-order chi connectivity index (χ1) is 14.9. The number of nitrogens with zero attached hydrogens (tertiary/aromatic N) is 3. The van der Waals surface area contributed by atoms with Crippen LogP contribution in [0.15, 0.2) is 52.4 Å². The van der Waals surface area contributed by atoms with E-state index in [1.807, 2.05) is 48.2 Å². The number of benzene rings is 2. The van der Waals surface area contributed by atoms with Crippen LogP contribution < -0.4 is 5.56 Å². The smallest absolute Gasteiger partial charge is 0.266 e. The van der Waals surface area contributed by atoms with Gasteiger partial charge in [0.25, 0.3) is 5.56 Å². The number of para-hydroxylation sites is 1. The van der Waals surface area contributed by atoms with Crippen molar-refractivity contribution in [1.29, 1.82) is 0 Å². The molecule has 1 aliphatic heterocycles. The van der Waals surface area contributed by atoms with Gasteiger partial charge in [0.1, 0.15) is 0 Å². The third-order valence-electron chi connectivity index (χ3n) is 6.30. The van der Waals surface area contributed by atoms with Crippen molar-refractivity contribution in [2.24, 2.45) is 0 Å². The number of likely N-dealkylation sites (tertiary alicyclic amines) is 1. The molecule has 0 saturated carbocycles. The Balaban J connectivity index is 1.73. The molecule has 4 rings (SSSR count). The van der Waals surface area contributed by atoms with E-state index in [0.29, 0.717) is 16.1 Å². The molecule has 2 aromatic carbocycles. The summed E-state index contributed by atoms with van der Waals surface area (Å²) in [6.07, 6.45) is 3.25. The molecular weight excluding hydrogens is 406 g/mol. The number of aryl methyl sites for hydroxylation is 2. The molecule has 1 aliphatic rings. The number of amides is 1. The topological polar surface area (TPSA) is 55.2 Å². The van der Waals surface area contributed by atoms with Gasteiger partial charge >= 0.3 is 0 Å². The van der Waals surface area contributed by atoms with Gasteiger partial charge in [-0.05, 0) is 82.3 Å². The van der Waals surface area contributed by atoms with Crippen molar-refractivity contribution in [3.05, 3.63) is 63.9 Å². The molecule has 1 fully saturated rings. The molecular formula is C25H29N3O2S. The zero-order valence-electron chi connectivity index (χ0n) is 18.6. The molecule has 0 N–H and O–H groups in total. The SMILES string of the molecule is Cc1ccc(-n2c(SCC(=O)N3[C@@H](C)CCC[C@@H]3C)nc3ccccc3c2=O)cc1C. The number of rotatable bonds is 4. The Morgan fingerprint density at radius 3 is 2.48 bits per heavy atom. The van der Waals surface area contributed by atoms with Gasteiger partial charge in [-0.2, -0.15) is 0 Å². The molecule has 1 amide bonds. The van der Waals surface area contributed by atoms with Crippen molar-refractivity contribution in [3.8, 4) is 5.69 Å². The lowest BCUT2D eigenvalue weighted by Crippen LogP contribution is -2.48. The van der Waals surface area contributed by atoms with Crippen molar-refractivity contribution in [2.75, 3.05) is 5.75 Å². The van der Waals surface area contributed by atoms with Crippen LogP contribution in [0, 0.1) is 13.8 Å². The van der Waals surface area contributed by atoms with Crippen molar-refractivity contribution in [3.63, 3.8) is 0 Å². The van der Waals surface area contributed by atoms with Crippen LogP contribution in [0.5, 0.6) is 0 Å². The minimum Gasteiger partial charge on any atom is -0.337 e. The van der Waals surface area contributed by atoms with Crippen LogP contribution >= 0.6 is 11.8 Å². The van der Waals surface area contributed by atoms with Crippen molar-refractivity contribution < 1.29 is 4.79 Å². The molecule has 0 bridgehead atoms. The predicted octanol–water partition coefficient (Wildman–Crippen LogP) is 4.88. The Labute approximate surface area is 187 Å². The van der Waals surface area contributed by atoms with Gasteiger partial charge in [0, 0.05) is 12.1 Å². The van der Waals surface area contributed by atoms with E-state index in [1.165, 1.54) is 17.3 Å². The van der Waals surface area contributed by atoms with Crippen molar-refractivity contribution in [2.45, 2.75) is 64.2 Å². The fraction of sp³-hybridized carbons (Fsp3) is 0.400. The maximum absolute atomic E-state index is 13.4. The van der Waals surface area contributed by atoms with E-state index < -0.39 is 0 Å². The summed E-state index contributed by atoms with van der Waals surface area (Å²) >= 11 is 1.35. The number of piperidine rings is 1. The molecule has 1 aromatic heterocycles. The highest BCUT2D eigenvalue weighted by Crippen LogP contribution is 2.26. The summed E-state index contributed by atoms with van der Waals surface area (Å²) in [7, 11) is 0. The number of aromatic nitrogens is 2. The summed E-state index contributed by atoms with van der Waals surface area (Å²) in [5.41, 5.74) is 3.61. The summed E-state index contributed by atoms with van der Waals surface area (Å²) in [6, 6.07) is 13.9. The highest BCUT2D eigenvalue weighted by Gasteiger charge is 2.29. The standard InChI is InChI=1S/C25H29N3O2S/c1-16-12-13-20(14-17(16)2)28-24(30)21-10-5-6-11-22(21)26-25(28)31-15-23(29)27-18(3)8-7-9-19(27)4/h5-6,10-14,18-19H,7-9,15H2,1-4H3/t18-,19-/m0/s1. The van der Waals surface area contributed by atoms with Crippen LogP contribution in [0.25, 0.3) is 16.6 Å². The Morgan fingerprint density at radius 1 is 1.06 bits per heavy atom. The van der Waals surface area contributed by atoms with Crippen LogP contribution in [0.3, 0.4) is 0 Å². The lowest BCUT2D eigenvalue weighted by Gasteiger charge is -2.39.